The van der Waals surface area contributed by atoms with Gasteiger partial charge in [0.1, 0.15) is 29.4 Å². The van der Waals surface area contributed by atoms with Crippen LogP contribution in [0.1, 0.15) is 23.2 Å². The summed E-state index contributed by atoms with van der Waals surface area (Å²) in [5.74, 6) is 2.14. The Morgan fingerprint density at radius 1 is 0.864 bits per heavy atom. The first kappa shape index (κ1) is 29.8. The summed E-state index contributed by atoms with van der Waals surface area (Å²) in [6.45, 7) is 1.16. The maximum Gasteiger partial charge on any atom is 0.339 e. The zero-order valence-corrected chi connectivity index (χ0v) is 24.3. The Morgan fingerprint density at radius 3 is 2.50 bits per heavy atom. The molecule has 0 radical (unpaired) electrons. The number of aryl methyl sites for hydroxylation is 1. The van der Waals surface area contributed by atoms with E-state index in [0.29, 0.717) is 48.1 Å². The van der Waals surface area contributed by atoms with Crippen molar-refractivity contribution in [3.8, 4) is 23.0 Å². The van der Waals surface area contributed by atoms with E-state index in [1.54, 1.807) is 61.5 Å². The van der Waals surface area contributed by atoms with Crippen molar-refractivity contribution in [2.24, 2.45) is 0 Å². The maximum absolute atomic E-state index is 12.3. The van der Waals surface area contributed by atoms with E-state index in [-0.39, 0.29) is 12.4 Å². The molecule has 0 aliphatic heterocycles. The maximum atomic E-state index is 12.3. The number of ether oxygens (including phenoxy) is 4. The van der Waals surface area contributed by atoms with Gasteiger partial charge in [-0.25, -0.2) is 4.79 Å². The number of allylic oxidation sites excluding steroid dienone is 2. The number of hydrogen-bond acceptors (Lipinski definition) is 9. The summed E-state index contributed by atoms with van der Waals surface area (Å²) in [7, 11) is 3.16. The van der Waals surface area contributed by atoms with Crippen molar-refractivity contribution in [1.29, 1.82) is 0 Å². The quantitative estimate of drug-likeness (QED) is 0.0902. The normalized spacial score (nSPS) is 11.3. The molecule has 0 bridgehead atoms. The van der Waals surface area contributed by atoms with Gasteiger partial charge in [-0.2, -0.15) is 0 Å². The SMILES string of the molecule is COc1cccc(/C=C/C(=O)/C=C/c2ccc(OCc3cn(CCCOc4cc(=O)oc5ccccc45)nn3)c(OC)c2)c1. The second-order valence-corrected chi connectivity index (χ2v) is 9.65. The van der Waals surface area contributed by atoms with Crippen LogP contribution in [0.2, 0.25) is 0 Å². The molecule has 10 nitrogen and oxygen atoms in total. The fraction of sp³-hybridized carbons (Fsp3) is 0.176. The highest BCUT2D eigenvalue weighted by Gasteiger charge is 2.09. The summed E-state index contributed by atoms with van der Waals surface area (Å²) in [5.41, 5.74) is 2.35. The minimum atomic E-state index is -0.452. The van der Waals surface area contributed by atoms with Crippen LogP contribution in [0.5, 0.6) is 23.0 Å². The summed E-state index contributed by atoms with van der Waals surface area (Å²) in [6, 6.07) is 21.5. The molecule has 0 unspecified atom stereocenters. The first-order chi connectivity index (χ1) is 21.5. The largest absolute Gasteiger partial charge is 0.497 e. The van der Waals surface area contributed by atoms with Gasteiger partial charge >= 0.3 is 5.63 Å². The van der Waals surface area contributed by atoms with Crippen LogP contribution < -0.4 is 24.6 Å². The Morgan fingerprint density at radius 2 is 1.68 bits per heavy atom. The van der Waals surface area contributed by atoms with Gasteiger partial charge < -0.3 is 23.4 Å². The van der Waals surface area contributed by atoms with Crippen molar-refractivity contribution in [2.45, 2.75) is 19.6 Å². The molecular formula is C34H31N3O7. The summed E-state index contributed by atoms with van der Waals surface area (Å²) in [6.07, 6.45) is 8.92. The predicted molar refractivity (Wildman–Crippen MR) is 166 cm³/mol. The summed E-state index contributed by atoms with van der Waals surface area (Å²) >= 11 is 0. The Balaban J connectivity index is 1.10. The smallest absolute Gasteiger partial charge is 0.339 e. The molecule has 0 aliphatic carbocycles. The molecule has 0 atom stereocenters. The number of carbonyl (C=O) groups is 1. The molecule has 2 aromatic heterocycles. The second-order valence-electron chi connectivity index (χ2n) is 9.65. The molecule has 0 fully saturated rings. The lowest BCUT2D eigenvalue weighted by Gasteiger charge is -2.10. The molecule has 0 amide bonds. The molecule has 44 heavy (non-hydrogen) atoms. The highest BCUT2D eigenvalue weighted by atomic mass is 16.5. The van der Waals surface area contributed by atoms with E-state index in [0.717, 1.165) is 22.3 Å². The molecule has 5 rings (SSSR count). The van der Waals surface area contributed by atoms with E-state index in [1.807, 2.05) is 42.5 Å². The minimum Gasteiger partial charge on any atom is -0.497 e. The van der Waals surface area contributed by atoms with Crippen molar-refractivity contribution < 1.29 is 28.2 Å². The Bertz CT molecular complexity index is 1860. The third-order valence-electron chi connectivity index (χ3n) is 6.52. The van der Waals surface area contributed by atoms with Gasteiger partial charge in [-0.3, -0.25) is 9.48 Å². The lowest BCUT2D eigenvalue weighted by molar-refractivity contribution is -0.110. The highest BCUT2D eigenvalue weighted by molar-refractivity contribution is 6.04. The summed E-state index contributed by atoms with van der Waals surface area (Å²) in [5, 5.41) is 9.09. The van der Waals surface area contributed by atoms with Gasteiger partial charge in [-0.1, -0.05) is 47.7 Å². The van der Waals surface area contributed by atoms with Crippen LogP contribution in [-0.2, 0) is 17.9 Å². The van der Waals surface area contributed by atoms with Crippen molar-refractivity contribution in [3.05, 3.63) is 118 Å². The van der Waals surface area contributed by atoms with Crippen molar-refractivity contribution in [1.82, 2.24) is 15.0 Å². The van der Waals surface area contributed by atoms with Gasteiger partial charge in [-0.05, 0) is 59.7 Å². The van der Waals surface area contributed by atoms with Gasteiger partial charge in [0.2, 0.25) is 0 Å². The van der Waals surface area contributed by atoms with Crippen LogP contribution in [0.3, 0.4) is 0 Å². The van der Waals surface area contributed by atoms with Crippen LogP contribution in [-0.4, -0.2) is 41.6 Å². The molecule has 3 aromatic carbocycles. The standard InChI is InChI=1S/C34H31N3O7/c1-40-28-8-5-7-24(19-28)11-14-27(38)15-12-25-13-16-31(33(20-25)41-2)43-23-26-22-37(36-35-26)17-6-18-42-32-21-34(39)44-30-10-4-3-9-29(30)32/h3-5,7-16,19-22H,6,17-18,23H2,1-2H3/b14-11+,15-12+. The fourth-order valence-corrected chi connectivity index (χ4v) is 4.34. The molecular weight excluding hydrogens is 562 g/mol. The topological polar surface area (TPSA) is 115 Å². The molecule has 0 spiro atoms. The molecule has 0 aliphatic rings. The van der Waals surface area contributed by atoms with Crippen LogP contribution in [0.4, 0.5) is 0 Å². The molecule has 224 valence electrons. The third-order valence-corrected chi connectivity index (χ3v) is 6.52. The Hall–Kier alpha value is -5.64. The lowest BCUT2D eigenvalue weighted by Crippen LogP contribution is -2.07. The fourth-order valence-electron chi connectivity index (χ4n) is 4.34. The van der Waals surface area contributed by atoms with E-state index < -0.39 is 5.63 Å². The number of benzene rings is 3. The highest BCUT2D eigenvalue weighted by Crippen LogP contribution is 2.29. The molecule has 0 saturated carbocycles. The van der Waals surface area contributed by atoms with Gasteiger partial charge in [0.15, 0.2) is 17.3 Å². The van der Waals surface area contributed by atoms with Crippen LogP contribution in [0.25, 0.3) is 23.1 Å². The van der Waals surface area contributed by atoms with Gasteiger partial charge in [0.05, 0.1) is 38.5 Å². The number of rotatable bonds is 14. The molecule has 5 aromatic rings. The Labute approximate surface area is 253 Å². The number of nitrogens with zero attached hydrogens (tertiary/aromatic N) is 3. The second kappa shape index (κ2) is 14.5. The van der Waals surface area contributed by atoms with Crippen LogP contribution in [0, 0.1) is 0 Å². The van der Waals surface area contributed by atoms with Crippen molar-refractivity contribution in [2.75, 3.05) is 20.8 Å². The molecule has 0 saturated heterocycles. The first-order valence-corrected chi connectivity index (χ1v) is 13.9. The lowest BCUT2D eigenvalue weighted by atomic mass is 10.1. The number of carbonyl (C=O) groups excluding carboxylic acids is 1. The predicted octanol–water partition coefficient (Wildman–Crippen LogP) is 5.75. The first-order valence-electron chi connectivity index (χ1n) is 13.9. The summed E-state index contributed by atoms with van der Waals surface area (Å²) in [4.78, 5) is 24.1. The molecule has 2 heterocycles. The number of methoxy groups -OCH3 is 2. The van der Waals surface area contributed by atoms with E-state index in [4.69, 9.17) is 23.4 Å². The number of fused-ring (bicyclic) bond motifs is 1. The van der Waals surface area contributed by atoms with Gasteiger partial charge in [-0.15, -0.1) is 5.10 Å². The van der Waals surface area contributed by atoms with Gasteiger partial charge in [0.25, 0.3) is 0 Å². The van der Waals surface area contributed by atoms with Crippen molar-refractivity contribution >= 4 is 28.9 Å². The number of aromatic nitrogens is 3. The zero-order valence-electron chi connectivity index (χ0n) is 24.3. The van der Waals surface area contributed by atoms with E-state index in [2.05, 4.69) is 10.3 Å². The number of ketones is 1. The zero-order chi connectivity index (χ0) is 30.7. The summed E-state index contributed by atoms with van der Waals surface area (Å²) < 4.78 is 29.4. The van der Waals surface area contributed by atoms with Crippen LogP contribution in [0.15, 0.2) is 100 Å². The monoisotopic (exact) mass is 593 g/mol. The number of para-hydroxylation sites is 1. The molecule has 10 heteroatoms. The van der Waals surface area contributed by atoms with Crippen LogP contribution >= 0.6 is 0 Å². The van der Waals surface area contributed by atoms with Crippen molar-refractivity contribution in [3.63, 3.8) is 0 Å². The average molecular weight is 594 g/mol. The van der Waals surface area contributed by atoms with E-state index in [9.17, 15) is 9.59 Å². The Kier molecular flexibility index (Phi) is 9.83. The average Bonchev–Trinajstić information content (AvgIpc) is 3.51. The minimum absolute atomic E-state index is 0.150. The van der Waals surface area contributed by atoms with E-state index in [1.165, 1.54) is 18.2 Å². The third kappa shape index (κ3) is 8.01. The number of hydrogen-bond donors (Lipinski definition) is 0. The molecule has 0 N–H and O–H groups in total. The van der Waals surface area contributed by atoms with E-state index >= 15 is 0 Å². The van der Waals surface area contributed by atoms with Gasteiger partial charge in [0, 0.05) is 13.0 Å².